The fraction of sp³-hybridized carbons (Fsp3) is 1.00. The van der Waals surface area contributed by atoms with Gasteiger partial charge in [0, 0.05) is 0 Å². The molecule has 0 aliphatic carbocycles. The third-order valence-corrected chi connectivity index (χ3v) is 2.45. The first-order valence-electron chi connectivity index (χ1n) is 2.56. The van der Waals surface area contributed by atoms with Gasteiger partial charge in [-0.1, -0.05) is 15.9 Å². The summed E-state index contributed by atoms with van der Waals surface area (Å²) in [6.07, 6.45) is -0.981. The van der Waals surface area contributed by atoms with Crippen LogP contribution in [0.5, 0.6) is 0 Å². The monoisotopic (exact) mass is 182 g/mol. The van der Waals surface area contributed by atoms with E-state index >= 15 is 0 Å². The van der Waals surface area contributed by atoms with E-state index in [1.54, 1.807) is 13.8 Å². The van der Waals surface area contributed by atoms with Crippen molar-refractivity contribution < 1.29 is 10.2 Å². The van der Waals surface area contributed by atoms with Gasteiger partial charge >= 0.3 is 0 Å². The number of rotatable bonds is 2. The highest BCUT2D eigenvalue weighted by molar-refractivity contribution is 9.09. The van der Waals surface area contributed by atoms with Gasteiger partial charge in [0.25, 0.3) is 0 Å². The molecule has 0 radical (unpaired) electrons. The van der Waals surface area contributed by atoms with E-state index < -0.39 is 12.2 Å². The summed E-state index contributed by atoms with van der Waals surface area (Å²) >= 11 is 3.11. The smallest absolute Gasteiger partial charge is 0.0662 e. The summed E-state index contributed by atoms with van der Waals surface area (Å²) in [5, 5.41) is 17.6. The van der Waals surface area contributed by atoms with Crippen LogP contribution in [0.15, 0.2) is 0 Å². The van der Waals surface area contributed by atoms with Crippen LogP contribution in [0.25, 0.3) is 0 Å². The molecule has 0 saturated carbocycles. The van der Waals surface area contributed by atoms with E-state index in [-0.39, 0.29) is 4.83 Å². The Morgan fingerprint density at radius 1 is 1.12 bits per heavy atom. The van der Waals surface area contributed by atoms with E-state index in [9.17, 15) is 0 Å². The number of aliphatic hydroxyl groups excluding tert-OH is 2. The van der Waals surface area contributed by atoms with Gasteiger partial charge in [0.1, 0.15) is 0 Å². The predicted octanol–water partition coefficient (Wildman–Crippen LogP) is 0.512. The lowest BCUT2D eigenvalue weighted by atomic mass is 10.2. The molecule has 0 saturated heterocycles. The maximum absolute atomic E-state index is 8.78. The molecule has 0 aromatic rings. The molecule has 50 valence electrons. The van der Waals surface area contributed by atoms with Crippen LogP contribution < -0.4 is 0 Å². The van der Waals surface area contributed by atoms with Gasteiger partial charge < -0.3 is 10.2 Å². The van der Waals surface area contributed by atoms with Crippen molar-refractivity contribution in [3.05, 3.63) is 0 Å². The molecule has 1 unspecified atom stereocenters. The Bertz CT molecular complexity index is 55.4. The van der Waals surface area contributed by atoms with Crippen LogP contribution in [0.1, 0.15) is 13.8 Å². The van der Waals surface area contributed by atoms with E-state index in [1.807, 2.05) is 0 Å². The number of hydrogen-bond acceptors (Lipinski definition) is 2. The number of hydrogen-bond donors (Lipinski definition) is 2. The minimum atomic E-state index is -0.491. The van der Waals surface area contributed by atoms with Crippen LogP contribution in [0.3, 0.4) is 0 Å². The maximum Gasteiger partial charge on any atom is 0.0662 e. The Balaban J connectivity index is 3.46. The molecule has 0 aromatic heterocycles. The zero-order valence-corrected chi connectivity index (χ0v) is 6.59. The first-order chi connectivity index (χ1) is 3.55. The summed E-state index contributed by atoms with van der Waals surface area (Å²) in [4.78, 5) is -0.206. The normalized spacial score (nSPS) is 22.1. The largest absolute Gasteiger partial charge is 0.392 e. The standard InChI is InChI=1S/C5H11BrO2/c1-3(7)5(6)4(2)8/h3-5,7-8H,1-2H3/t3-,4+,5?. The zero-order valence-electron chi connectivity index (χ0n) is 5.00. The van der Waals surface area contributed by atoms with Gasteiger partial charge in [-0.15, -0.1) is 0 Å². The van der Waals surface area contributed by atoms with E-state index in [4.69, 9.17) is 10.2 Å². The van der Waals surface area contributed by atoms with Gasteiger partial charge in [-0.2, -0.15) is 0 Å². The fourth-order valence-corrected chi connectivity index (χ4v) is 0.403. The second-order valence-electron chi connectivity index (χ2n) is 1.93. The van der Waals surface area contributed by atoms with Gasteiger partial charge in [-0.05, 0) is 13.8 Å². The number of halogens is 1. The average molecular weight is 183 g/mol. The molecule has 2 nitrogen and oxygen atoms in total. The molecule has 0 aliphatic rings. The molecule has 2 N–H and O–H groups in total. The molecular formula is C5H11BrO2. The van der Waals surface area contributed by atoms with Crippen molar-refractivity contribution in [3.63, 3.8) is 0 Å². The first kappa shape index (κ1) is 8.40. The van der Waals surface area contributed by atoms with Crippen LogP contribution in [-0.4, -0.2) is 27.2 Å². The van der Waals surface area contributed by atoms with Crippen molar-refractivity contribution in [2.75, 3.05) is 0 Å². The molecular weight excluding hydrogens is 172 g/mol. The molecule has 0 spiro atoms. The Labute approximate surface area is 57.7 Å². The molecule has 0 bridgehead atoms. The van der Waals surface area contributed by atoms with Crippen LogP contribution in [-0.2, 0) is 0 Å². The van der Waals surface area contributed by atoms with Gasteiger partial charge in [0.2, 0.25) is 0 Å². The van der Waals surface area contributed by atoms with Crippen LogP contribution in [0.2, 0.25) is 0 Å². The third-order valence-electron chi connectivity index (χ3n) is 0.922. The van der Waals surface area contributed by atoms with Crippen LogP contribution in [0, 0.1) is 0 Å². The van der Waals surface area contributed by atoms with Crippen molar-refractivity contribution in [1.29, 1.82) is 0 Å². The topological polar surface area (TPSA) is 40.5 Å². The lowest BCUT2D eigenvalue weighted by molar-refractivity contribution is 0.113. The van der Waals surface area contributed by atoms with Gasteiger partial charge in [0.15, 0.2) is 0 Å². The van der Waals surface area contributed by atoms with Crippen molar-refractivity contribution in [2.24, 2.45) is 0 Å². The van der Waals surface area contributed by atoms with E-state index in [0.29, 0.717) is 0 Å². The summed E-state index contributed by atoms with van der Waals surface area (Å²) in [5.74, 6) is 0. The summed E-state index contributed by atoms with van der Waals surface area (Å²) in [6.45, 7) is 3.26. The van der Waals surface area contributed by atoms with E-state index in [1.165, 1.54) is 0 Å². The second kappa shape index (κ2) is 3.43. The number of aliphatic hydroxyl groups is 2. The fourth-order valence-electron chi connectivity index (χ4n) is 0.403. The minimum Gasteiger partial charge on any atom is -0.392 e. The van der Waals surface area contributed by atoms with E-state index in [0.717, 1.165) is 0 Å². The van der Waals surface area contributed by atoms with Crippen molar-refractivity contribution >= 4 is 15.9 Å². The Kier molecular flexibility index (Phi) is 3.60. The highest BCUT2D eigenvalue weighted by Crippen LogP contribution is 2.09. The highest BCUT2D eigenvalue weighted by atomic mass is 79.9. The van der Waals surface area contributed by atoms with Crippen molar-refractivity contribution in [2.45, 2.75) is 30.9 Å². The molecule has 0 fully saturated rings. The lowest BCUT2D eigenvalue weighted by Gasteiger charge is -2.14. The van der Waals surface area contributed by atoms with Crippen molar-refractivity contribution in [3.8, 4) is 0 Å². The molecule has 0 amide bonds. The van der Waals surface area contributed by atoms with Gasteiger partial charge in [-0.3, -0.25) is 0 Å². The third kappa shape index (κ3) is 2.64. The second-order valence-corrected chi connectivity index (χ2v) is 2.98. The first-order valence-corrected chi connectivity index (χ1v) is 3.47. The molecule has 0 aliphatic heterocycles. The zero-order chi connectivity index (χ0) is 6.73. The van der Waals surface area contributed by atoms with Gasteiger partial charge in [-0.25, -0.2) is 0 Å². The average Bonchev–Trinajstić information content (AvgIpc) is 1.64. The molecule has 3 heteroatoms. The summed E-state index contributed by atoms with van der Waals surface area (Å²) in [6, 6.07) is 0. The molecule has 8 heavy (non-hydrogen) atoms. The van der Waals surface area contributed by atoms with Gasteiger partial charge in [0.05, 0.1) is 17.0 Å². The summed E-state index contributed by atoms with van der Waals surface area (Å²) in [7, 11) is 0. The van der Waals surface area contributed by atoms with Crippen LogP contribution in [0.4, 0.5) is 0 Å². The quantitative estimate of drug-likeness (QED) is 0.612. The molecule has 0 heterocycles. The Hall–Kier alpha value is 0.400. The Morgan fingerprint density at radius 3 is 1.38 bits per heavy atom. The minimum absolute atomic E-state index is 0.206. The molecule has 3 atom stereocenters. The lowest BCUT2D eigenvalue weighted by Crippen LogP contribution is -2.27. The van der Waals surface area contributed by atoms with Crippen molar-refractivity contribution in [1.82, 2.24) is 0 Å². The SMILES string of the molecule is C[C@H](O)C(Br)[C@@H](C)O. The molecule has 0 aromatic carbocycles. The highest BCUT2D eigenvalue weighted by Gasteiger charge is 2.15. The number of alkyl halides is 1. The molecule has 0 rings (SSSR count). The Morgan fingerprint density at radius 2 is 1.38 bits per heavy atom. The summed E-state index contributed by atoms with van der Waals surface area (Å²) in [5.41, 5.74) is 0. The maximum atomic E-state index is 8.78. The summed E-state index contributed by atoms with van der Waals surface area (Å²) < 4.78 is 0. The van der Waals surface area contributed by atoms with Crippen LogP contribution >= 0.6 is 15.9 Å². The van der Waals surface area contributed by atoms with E-state index in [2.05, 4.69) is 15.9 Å². The predicted molar refractivity (Wildman–Crippen MR) is 36.1 cm³/mol.